The number of nitrogens with zero attached hydrogens (tertiary/aromatic N) is 1. The molecule has 0 radical (unpaired) electrons. The molecule has 1 aliphatic rings. The molecule has 1 aromatic heterocycles. The predicted octanol–water partition coefficient (Wildman–Crippen LogP) is 2.79. The fourth-order valence-corrected chi connectivity index (χ4v) is 3.07. The lowest BCUT2D eigenvalue weighted by Crippen LogP contribution is -2.34. The Kier molecular flexibility index (Phi) is 3.72. The van der Waals surface area contributed by atoms with Crippen molar-refractivity contribution in [3.05, 3.63) is 34.6 Å². The predicted molar refractivity (Wildman–Crippen MR) is 83.8 cm³/mol. The molecule has 0 spiro atoms. The second-order valence-corrected chi connectivity index (χ2v) is 5.86. The van der Waals surface area contributed by atoms with Crippen LogP contribution in [-0.2, 0) is 0 Å². The van der Waals surface area contributed by atoms with Crippen molar-refractivity contribution in [2.75, 3.05) is 26.2 Å². The molecule has 0 atom stereocenters. The molecule has 4 nitrogen and oxygen atoms in total. The van der Waals surface area contributed by atoms with Gasteiger partial charge in [0, 0.05) is 30.6 Å². The zero-order chi connectivity index (χ0) is 15.0. The number of hydrogen-bond acceptors (Lipinski definition) is 3. The highest BCUT2D eigenvalue weighted by Gasteiger charge is 2.24. The van der Waals surface area contributed by atoms with Crippen LogP contribution >= 0.6 is 0 Å². The zero-order valence-corrected chi connectivity index (χ0v) is 13.0. The van der Waals surface area contributed by atoms with Gasteiger partial charge in [-0.1, -0.05) is 12.1 Å². The first-order valence-corrected chi connectivity index (χ1v) is 7.59. The number of fused-ring (bicyclic) bond motifs is 1. The third-order valence-electron chi connectivity index (χ3n) is 4.30. The molecule has 1 amide bonds. The summed E-state index contributed by atoms with van der Waals surface area (Å²) in [5.41, 5.74) is 4.06. The summed E-state index contributed by atoms with van der Waals surface area (Å²) in [7, 11) is 0. The van der Waals surface area contributed by atoms with Crippen LogP contribution in [0.25, 0.3) is 11.0 Å². The van der Waals surface area contributed by atoms with Crippen molar-refractivity contribution in [2.24, 2.45) is 0 Å². The third kappa shape index (κ3) is 2.44. The van der Waals surface area contributed by atoms with Crippen molar-refractivity contribution in [3.8, 4) is 0 Å². The molecule has 0 aliphatic carbocycles. The number of nitrogens with one attached hydrogen (secondary N) is 1. The quantitative estimate of drug-likeness (QED) is 0.877. The minimum absolute atomic E-state index is 0.0196. The highest BCUT2D eigenvalue weighted by atomic mass is 16.3. The molecule has 21 heavy (non-hydrogen) atoms. The molecule has 1 fully saturated rings. The second kappa shape index (κ2) is 5.53. The van der Waals surface area contributed by atoms with Crippen molar-refractivity contribution in [1.29, 1.82) is 0 Å². The van der Waals surface area contributed by atoms with Crippen LogP contribution in [0, 0.1) is 20.8 Å². The Morgan fingerprint density at radius 2 is 1.90 bits per heavy atom. The first-order chi connectivity index (χ1) is 10.1. The smallest absolute Gasteiger partial charge is 0.289 e. The summed E-state index contributed by atoms with van der Waals surface area (Å²) in [6.45, 7) is 9.43. The maximum absolute atomic E-state index is 12.8. The fraction of sp³-hybridized carbons (Fsp3) is 0.471. The van der Waals surface area contributed by atoms with Crippen molar-refractivity contribution in [3.63, 3.8) is 0 Å². The van der Waals surface area contributed by atoms with Gasteiger partial charge in [-0.05, 0) is 44.9 Å². The van der Waals surface area contributed by atoms with Gasteiger partial charge in [0.25, 0.3) is 5.91 Å². The van der Waals surface area contributed by atoms with Crippen molar-refractivity contribution >= 4 is 16.9 Å². The Balaban J connectivity index is 2.04. The number of furan rings is 1. The van der Waals surface area contributed by atoms with Crippen LogP contribution in [0.1, 0.15) is 33.7 Å². The molecule has 1 saturated heterocycles. The molecule has 4 heteroatoms. The van der Waals surface area contributed by atoms with E-state index in [1.54, 1.807) is 0 Å². The van der Waals surface area contributed by atoms with E-state index < -0.39 is 0 Å². The molecule has 2 aromatic rings. The summed E-state index contributed by atoms with van der Waals surface area (Å²) in [6.07, 6.45) is 0.989. The maximum atomic E-state index is 12.8. The van der Waals surface area contributed by atoms with E-state index >= 15 is 0 Å². The van der Waals surface area contributed by atoms with Gasteiger partial charge in [0.2, 0.25) is 0 Å². The van der Waals surface area contributed by atoms with E-state index in [1.807, 2.05) is 24.8 Å². The van der Waals surface area contributed by atoms with E-state index in [4.69, 9.17) is 4.42 Å². The lowest BCUT2D eigenvalue weighted by molar-refractivity contribution is 0.0736. The molecule has 2 heterocycles. The number of amides is 1. The van der Waals surface area contributed by atoms with Gasteiger partial charge in [-0.15, -0.1) is 0 Å². The minimum Gasteiger partial charge on any atom is -0.450 e. The van der Waals surface area contributed by atoms with E-state index in [1.165, 1.54) is 0 Å². The number of carbonyl (C=O) groups is 1. The van der Waals surface area contributed by atoms with Crippen molar-refractivity contribution < 1.29 is 9.21 Å². The average Bonchev–Trinajstić information content (AvgIpc) is 2.66. The summed E-state index contributed by atoms with van der Waals surface area (Å²) in [6, 6.07) is 4.13. The van der Waals surface area contributed by atoms with Gasteiger partial charge in [-0.3, -0.25) is 4.79 Å². The van der Waals surface area contributed by atoms with Gasteiger partial charge < -0.3 is 14.6 Å². The summed E-state index contributed by atoms with van der Waals surface area (Å²) < 4.78 is 5.95. The number of hydrogen-bond donors (Lipinski definition) is 1. The van der Waals surface area contributed by atoms with E-state index in [-0.39, 0.29) is 5.91 Å². The van der Waals surface area contributed by atoms with Crippen LogP contribution in [-0.4, -0.2) is 37.0 Å². The molecular formula is C17H22N2O2. The highest BCUT2D eigenvalue weighted by molar-refractivity contribution is 6.00. The molecule has 1 N–H and O–H groups in total. The Morgan fingerprint density at radius 1 is 1.14 bits per heavy atom. The Bertz CT molecular complexity index is 680. The normalized spacial score (nSPS) is 16.2. The van der Waals surface area contributed by atoms with Crippen molar-refractivity contribution in [2.45, 2.75) is 27.2 Å². The molecular weight excluding hydrogens is 264 g/mol. The van der Waals surface area contributed by atoms with Gasteiger partial charge in [-0.2, -0.15) is 0 Å². The standard InChI is InChI=1S/C17H22N2O2/c1-11-5-6-12(2)15-14(11)13(3)16(21-15)17(20)19-9-4-7-18-8-10-19/h5-6,18H,4,7-10H2,1-3H3. The molecule has 3 rings (SSSR count). The number of benzene rings is 1. The zero-order valence-electron chi connectivity index (χ0n) is 13.0. The lowest BCUT2D eigenvalue weighted by atomic mass is 10.0. The molecule has 0 saturated carbocycles. The van der Waals surface area contributed by atoms with Crippen LogP contribution in [0.15, 0.2) is 16.5 Å². The summed E-state index contributed by atoms with van der Waals surface area (Å²) in [5.74, 6) is 0.524. The van der Waals surface area contributed by atoms with Crippen molar-refractivity contribution in [1.82, 2.24) is 10.2 Å². The summed E-state index contributed by atoms with van der Waals surface area (Å²) in [5, 5.41) is 4.41. The van der Waals surface area contributed by atoms with Crippen LogP contribution in [0.4, 0.5) is 0 Å². The van der Waals surface area contributed by atoms with Crippen LogP contribution in [0.3, 0.4) is 0 Å². The van der Waals surface area contributed by atoms with Crippen LogP contribution < -0.4 is 5.32 Å². The van der Waals surface area contributed by atoms with Gasteiger partial charge in [0.05, 0.1) is 0 Å². The Morgan fingerprint density at radius 3 is 2.67 bits per heavy atom. The fourth-order valence-electron chi connectivity index (χ4n) is 3.07. The Hall–Kier alpha value is -1.81. The van der Waals surface area contributed by atoms with Crippen LogP contribution in [0.5, 0.6) is 0 Å². The maximum Gasteiger partial charge on any atom is 0.289 e. The monoisotopic (exact) mass is 286 g/mol. The van der Waals surface area contributed by atoms with Gasteiger partial charge in [0.1, 0.15) is 5.58 Å². The lowest BCUT2D eigenvalue weighted by Gasteiger charge is -2.18. The molecule has 1 aromatic carbocycles. The average molecular weight is 286 g/mol. The summed E-state index contributed by atoms with van der Waals surface area (Å²) in [4.78, 5) is 14.7. The number of carbonyl (C=O) groups excluding carboxylic acids is 1. The van der Waals surface area contributed by atoms with E-state index in [2.05, 4.69) is 18.3 Å². The summed E-state index contributed by atoms with van der Waals surface area (Å²) >= 11 is 0. The molecule has 1 aliphatic heterocycles. The van der Waals surface area contributed by atoms with E-state index in [0.717, 1.165) is 60.3 Å². The number of rotatable bonds is 1. The SMILES string of the molecule is Cc1ccc(C)c2c(C)c(C(=O)N3CCCNCC3)oc12. The minimum atomic E-state index is 0.0196. The second-order valence-electron chi connectivity index (χ2n) is 5.86. The first-order valence-electron chi connectivity index (χ1n) is 7.59. The van der Waals surface area contributed by atoms with E-state index in [9.17, 15) is 4.79 Å². The largest absolute Gasteiger partial charge is 0.450 e. The topological polar surface area (TPSA) is 45.5 Å². The number of aryl methyl sites for hydroxylation is 3. The molecule has 0 unspecified atom stereocenters. The molecule has 0 bridgehead atoms. The van der Waals surface area contributed by atoms with Gasteiger partial charge >= 0.3 is 0 Å². The van der Waals surface area contributed by atoms with E-state index in [0.29, 0.717) is 5.76 Å². The highest BCUT2D eigenvalue weighted by Crippen LogP contribution is 2.31. The first kappa shape index (κ1) is 14.1. The van der Waals surface area contributed by atoms with Gasteiger partial charge in [0.15, 0.2) is 5.76 Å². The third-order valence-corrected chi connectivity index (χ3v) is 4.30. The van der Waals surface area contributed by atoms with Crippen LogP contribution in [0.2, 0.25) is 0 Å². The Labute approximate surface area is 125 Å². The molecule has 112 valence electrons. The van der Waals surface area contributed by atoms with Gasteiger partial charge in [-0.25, -0.2) is 0 Å².